The molecule has 0 fully saturated rings. The monoisotopic (exact) mass is 280 g/mol. The van der Waals surface area contributed by atoms with Crippen LogP contribution in [0.3, 0.4) is 0 Å². The third-order valence-corrected chi connectivity index (χ3v) is 3.84. The largest absolute Gasteiger partial charge is 0.346 e. The van der Waals surface area contributed by atoms with Gasteiger partial charge in [0.15, 0.2) is 0 Å². The van der Waals surface area contributed by atoms with Gasteiger partial charge in [-0.25, -0.2) is 4.98 Å². The van der Waals surface area contributed by atoms with Gasteiger partial charge in [-0.1, -0.05) is 62.0 Å². The molecule has 0 radical (unpaired) electrons. The highest BCUT2D eigenvalue weighted by Gasteiger charge is 2.08. The van der Waals surface area contributed by atoms with E-state index >= 15 is 0 Å². The van der Waals surface area contributed by atoms with Crippen LogP contribution in [-0.2, 0) is 6.42 Å². The molecule has 0 spiro atoms. The number of aromatic amines is 1. The molecule has 0 aliphatic heterocycles. The predicted octanol–water partition coefficient (Wildman–Crippen LogP) is 4.91. The van der Waals surface area contributed by atoms with Crippen molar-refractivity contribution in [3.05, 3.63) is 59.0 Å². The lowest BCUT2D eigenvalue weighted by Crippen LogP contribution is -1.96. The summed E-state index contributed by atoms with van der Waals surface area (Å²) in [5.41, 5.74) is 3.40. The summed E-state index contributed by atoms with van der Waals surface area (Å²) < 4.78 is 0.703. The van der Waals surface area contributed by atoms with Crippen LogP contribution in [0.4, 0.5) is 0 Å². The second kappa shape index (κ2) is 5.55. The van der Waals surface area contributed by atoms with E-state index in [0.29, 0.717) is 4.64 Å². The molecule has 0 aliphatic rings. The van der Waals surface area contributed by atoms with Crippen LogP contribution in [-0.4, -0.2) is 9.97 Å². The van der Waals surface area contributed by atoms with Crippen LogP contribution < -0.4 is 0 Å². The highest BCUT2D eigenvalue weighted by Crippen LogP contribution is 2.26. The van der Waals surface area contributed by atoms with Crippen molar-refractivity contribution in [2.75, 3.05) is 0 Å². The maximum Gasteiger partial charge on any atom is 0.133 e. The molecule has 1 N–H and O–H groups in total. The Morgan fingerprint density at radius 2 is 1.90 bits per heavy atom. The fraction of sp³-hybridized carbons (Fsp3) is 0.176. The molecule has 3 rings (SSSR count). The van der Waals surface area contributed by atoms with Crippen molar-refractivity contribution in [2.24, 2.45) is 0 Å². The van der Waals surface area contributed by atoms with Crippen LogP contribution in [0, 0.1) is 4.64 Å². The fourth-order valence-corrected chi connectivity index (χ4v) is 2.77. The van der Waals surface area contributed by atoms with Crippen LogP contribution in [0.15, 0.2) is 48.8 Å². The van der Waals surface area contributed by atoms with Crippen molar-refractivity contribution in [3.8, 4) is 11.3 Å². The lowest BCUT2D eigenvalue weighted by atomic mass is 10.0. The van der Waals surface area contributed by atoms with Crippen molar-refractivity contribution in [3.63, 3.8) is 0 Å². The maximum absolute atomic E-state index is 5.37. The molecule has 3 heteroatoms. The average molecular weight is 280 g/mol. The van der Waals surface area contributed by atoms with Gasteiger partial charge < -0.3 is 4.98 Å². The smallest absolute Gasteiger partial charge is 0.133 e. The van der Waals surface area contributed by atoms with Crippen LogP contribution >= 0.6 is 12.2 Å². The Labute approximate surface area is 123 Å². The van der Waals surface area contributed by atoms with Crippen molar-refractivity contribution in [2.45, 2.75) is 19.8 Å². The van der Waals surface area contributed by atoms with Crippen molar-refractivity contribution in [1.29, 1.82) is 0 Å². The van der Waals surface area contributed by atoms with Gasteiger partial charge in [-0.15, -0.1) is 0 Å². The van der Waals surface area contributed by atoms with Crippen LogP contribution in [0.25, 0.3) is 22.0 Å². The second-order valence-electron chi connectivity index (χ2n) is 4.87. The molecule has 3 aromatic rings. The molecule has 0 unspecified atom stereocenters. The lowest BCUT2D eigenvalue weighted by molar-refractivity contribution is 0.898. The van der Waals surface area contributed by atoms with Crippen LogP contribution in [0.2, 0.25) is 0 Å². The van der Waals surface area contributed by atoms with Gasteiger partial charge in [-0.05, 0) is 28.8 Å². The Balaban J connectivity index is 2.20. The third-order valence-electron chi connectivity index (χ3n) is 3.49. The predicted molar refractivity (Wildman–Crippen MR) is 86.4 cm³/mol. The zero-order valence-electron chi connectivity index (χ0n) is 11.4. The number of hydrogen-bond acceptors (Lipinski definition) is 2. The minimum atomic E-state index is 0.703. The normalized spacial score (nSPS) is 10.8. The summed E-state index contributed by atoms with van der Waals surface area (Å²) in [6.07, 6.45) is 3.70. The van der Waals surface area contributed by atoms with E-state index < -0.39 is 0 Å². The minimum Gasteiger partial charge on any atom is -0.346 e. The Hall–Kier alpha value is -2.00. The first-order chi connectivity index (χ1) is 9.79. The molecule has 2 aromatic carbocycles. The van der Waals surface area contributed by atoms with Gasteiger partial charge in [0.05, 0.1) is 12.0 Å². The van der Waals surface area contributed by atoms with Gasteiger partial charge in [-0.3, -0.25) is 0 Å². The van der Waals surface area contributed by atoms with E-state index in [0.717, 1.165) is 24.1 Å². The summed E-state index contributed by atoms with van der Waals surface area (Å²) in [6.45, 7) is 2.16. The van der Waals surface area contributed by atoms with Gasteiger partial charge in [0, 0.05) is 5.56 Å². The van der Waals surface area contributed by atoms with Crippen molar-refractivity contribution in [1.82, 2.24) is 9.97 Å². The first kappa shape index (κ1) is 13.0. The Morgan fingerprint density at radius 3 is 2.70 bits per heavy atom. The number of fused-ring (bicyclic) bond motifs is 1. The zero-order valence-corrected chi connectivity index (χ0v) is 12.2. The summed E-state index contributed by atoms with van der Waals surface area (Å²) >= 11 is 5.37. The summed E-state index contributed by atoms with van der Waals surface area (Å²) in [7, 11) is 0. The van der Waals surface area contributed by atoms with Crippen molar-refractivity contribution >= 4 is 23.0 Å². The average Bonchev–Trinajstić information content (AvgIpc) is 2.49. The summed E-state index contributed by atoms with van der Waals surface area (Å²) in [6, 6.07) is 14.9. The highest BCUT2D eigenvalue weighted by molar-refractivity contribution is 7.71. The van der Waals surface area contributed by atoms with Crippen LogP contribution in [0.1, 0.15) is 18.9 Å². The highest BCUT2D eigenvalue weighted by atomic mass is 32.1. The molecule has 0 saturated carbocycles. The summed E-state index contributed by atoms with van der Waals surface area (Å²) in [4.78, 5) is 7.47. The molecular weight excluding hydrogens is 264 g/mol. The molecular formula is C17H16N2S. The fourth-order valence-electron chi connectivity index (χ4n) is 2.51. The number of hydrogen-bond donors (Lipinski definition) is 1. The van der Waals surface area contributed by atoms with Gasteiger partial charge in [0.2, 0.25) is 0 Å². The van der Waals surface area contributed by atoms with E-state index in [1.54, 1.807) is 6.33 Å². The van der Waals surface area contributed by atoms with E-state index in [2.05, 4.69) is 59.4 Å². The molecule has 0 atom stereocenters. The van der Waals surface area contributed by atoms with E-state index in [9.17, 15) is 0 Å². The first-order valence-electron chi connectivity index (χ1n) is 6.85. The molecule has 1 aromatic heterocycles. The second-order valence-corrected chi connectivity index (χ2v) is 5.26. The molecule has 1 heterocycles. The van der Waals surface area contributed by atoms with E-state index in [-0.39, 0.29) is 0 Å². The van der Waals surface area contributed by atoms with Gasteiger partial charge in [0.1, 0.15) is 4.64 Å². The van der Waals surface area contributed by atoms with E-state index in [1.807, 2.05) is 0 Å². The Kier molecular flexibility index (Phi) is 3.61. The molecule has 100 valence electrons. The quantitative estimate of drug-likeness (QED) is 0.690. The lowest BCUT2D eigenvalue weighted by Gasteiger charge is -2.09. The van der Waals surface area contributed by atoms with Gasteiger partial charge >= 0.3 is 0 Å². The van der Waals surface area contributed by atoms with Gasteiger partial charge in [-0.2, -0.15) is 0 Å². The van der Waals surface area contributed by atoms with Gasteiger partial charge in [0.25, 0.3) is 0 Å². The molecule has 0 saturated heterocycles. The molecule has 20 heavy (non-hydrogen) atoms. The number of benzene rings is 2. The van der Waals surface area contributed by atoms with E-state index in [1.165, 1.54) is 16.3 Å². The standard InChI is InChI=1S/C17H16N2S/c1-2-5-15-16(18-11-19-17(15)20)14-9-8-12-6-3-4-7-13(12)10-14/h3-4,6-11H,2,5H2,1H3,(H,18,19,20). The number of nitrogens with one attached hydrogen (secondary N) is 1. The molecule has 2 nitrogen and oxygen atoms in total. The summed E-state index contributed by atoms with van der Waals surface area (Å²) in [5, 5.41) is 2.49. The van der Waals surface area contributed by atoms with Crippen molar-refractivity contribution < 1.29 is 0 Å². The molecule has 0 aliphatic carbocycles. The molecule has 0 bridgehead atoms. The number of H-pyrrole nitrogens is 1. The maximum atomic E-state index is 5.37. The summed E-state index contributed by atoms with van der Waals surface area (Å²) in [5.74, 6) is 0. The number of rotatable bonds is 3. The van der Waals surface area contributed by atoms with E-state index in [4.69, 9.17) is 12.2 Å². The zero-order chi connectivity index (χ0) is 13.9. The number of aromatic nitrogens is 2. The topological polar surface area (TPSA) is 28.7 Å². The number of nitrogens with zero attached hydrogens (tertiary/aromatic N) is 1. The third kappa shape index (κ3) is 2.37. The Bertz CT molecular complexity index is 805. The first-order valence-corrected chi connectivity index (χ1v) is 7.26. The van der Waals surface area contributed by atoms with Crippen LogP contribution in [0.5, 0.6) is 0 Å². The minimum absolute atomic E-state index is 0.703. The molecule has 0 amide bonds. The SMILES string of the molecule is CCCc1c(-c2ccc3ccccc3c2)[nH]cnc1=S. The Morgan fingerprint density at radius 1 is 1.10 bits per heavy atom.